The first-order valence-corrected chi connectivity index (χ1v) is 17.9. The third kappa shape index (κ3) is 7.22. The third-order valence-corrected chi connectivity index (χ3v) is 11.5. The Balaban J connectivity index is 1.26. The Labute approximate surface area is 277 Å². The molecule has 1 aliphatic heterocycles. The molecule has 4 unspecified atom stereocenters. The maximum absolute atomic E-state index is 14.1. The number of phenolic OH excluding ortho intramolecular Hbond substituents is 1. The van der Waals surface area contributed by atoms with Gasteiger partial charge >= 0.3 is 0 Å². The fraction of sp³-hybridized carbons (Fsp3) is 0.658. The molecule has 2 saturated carbocycles. The number of benzene rings is 1. The molecule has 8 nitrogen and oxygen atoms in total. The van der Waals surface area contributed by atoms with E-state index in [1.54, 1.807) is 6.07 Å². The number of aromatic hydroxyl groups is 1. The zero-order chi connectivity index (χ0) is 33.0. The Morgan fingerprint density at radius 1 is 1.00 bits per heavy atom. The summed E-state index contributed by atoms with van der Waals surface area (Å²) in [6, 6.07) is 9.95. The molecule has 0 amide bonds. The maximum Gasteiger partial charge on any atom is 0.154 e. The van der Waals surface area contributed by atoms with Crippen LogP contribution in [0.3, 0.4) is 0 Å². The van der Waals surface area contributed by atoms with E-state index in [1.807, 2.05) is 12.1 Å². The lowest BCUT2D eigenvalue weighted by Crippen LogP contribution is -2.50. The number of phenols is 1. The van der Waals surface area contributed by atoms with Crippen molar-refractivity contribution in [1.82, 2.24) is 9.88 Å². The van der Waals surface area contributed by atoms with E-state index in [0.29, 0.717) is 31.0 Å². The average Bonchev–Trinajstić information content (AvgIpc) is 3.40. The Bertz CT molecular complexity index is 1360. The number of carbonyl (C=O) groups is 2. The number of aromatic nitrogens is 1. The van der Waals surface area contributed by atoms with Crippen LogP contribution < -0.4 is 14.7 Å². The van der Waals surface area contributed by atoms with Gasteiger partial charge < -0.3 is 19.8 Å². The van der Waals surface area contributed by atoms with Gasteiger partial charge in [0.1, 0.15) is 23.1 Å². The van der Waals surface area contributed by atoms with Crippen LogP contribution in [0.5, 0.6) is 5.75 Å². The fourth-order valence-corrected chi connectivity index (χ4v) is 8.93. The van der Waals surface area contributed by atoms with Gasteiger partial charge in [0, 0.05) is 71.1 Å². The van der Waals surface area contributed by atoms with Crippen molar-refractivity contribution in [2.24, 2.45) is 23.2 Å². The van der Waals surface area contributed by atoms with Gasteiger partial charge in [0.25, 0.3) is 0 Å². The number of piperazine rings is 1. The summed E-state index contributed by atoms with van der Waals surface area (Å²) in [7, 11) is 0. The van der Waals surface area contributed by atoms with Crippen molar-refractivity contribution >= 4 is 28.9 Å². The summed E-state index contributed by atoms with van der Waals surface area (Å²) in [6.07, 6.45) is 4.74. The molecule has 252 valence electrons. The zero-order valence-corrected chi connectivity index (χ0v) is 29.2. The van der Waals surface area contributed by atoms with Crippen LogP contribution in [-0.2, 0) is 16.0 Å². The van der Waals surface area contributed by atoms with E-state index in [0.717, 1.165) is 95.2 Å². The van der Waals surface area contributed by atoms with Gasteiger partial charge in [-0.2, -0.15) is 0 Å². The summed E-state index contributed by atoms with van der Waals surface area (Å²) in [6.45, 7) is 20.7. The Hall–Kier alpha value is -3.13. The van der Waals surface area contributed by atoms with Gasteiger partial charge in [-0.05, 0) is 113 Å². The summed E-state index contributed by atoms with van der Waals surface area (Å²) < 4.78 is 0. The van der Waals surface area contributed by atoms with Crippen LogP contribution in [0.1, 0.15) is 77.8 Å². The van der Waals surface area contributed by atoms with E-state index >= 15 is 0 Å². The molecule has 4 atom stereocenters. The number of ketones is 2. The van der Waals surface area contributed by atoms with E-state index in [2.05, 4.69) is 73.3 Å². The average molecular weight is 632 g/mol. The van der Waals surface area contributed by atoms with E-state index in [9.17, 15) is 14.7 Å². The molecule has 0 radical (unpaired) electrons. The molecule has 1 saturated heterocycles. The molecule has 1 N–H and O–H groups in total. The molecule has 5 rings (SSSR count). The minimum atomic E-state index is -0.0880. The highest BCUT2D eigenvalue weighted by Gasteiger charge is 2.54. The number of fused-ring (bicyclic) bond motifs is 1. The van der Waals surface area contributed by atoms with Crippen LogP contribution in [0.4, 0.5) is 17.3 Å². The largest absolute Gasteiger partial charge is 0.508 e. The van der Waals surface area contributed by atoms with E-state index in [4.69, 9.17) is 4.98 Å². The first-order chi connectivity index (χ1) is 22.1. The number of hydrogen-bond donors (Lipinski definition) is 1. The number of anilines is 3. The second-order valence-corrected chi connectivity index (χ2v) is 14.2. The van der Waals surface area contributed by atoms with Crippen molar-refractivity contribution in [3.05, 3.63) is 41.5 Å². The van der Waals surface area contributed by atoms with Gasteiger partial charge in [-0.25, -0.2) is 4.98 Å². The molecule has 1 aromatic heterocycles. The van der Waals surface area contributed by atoms with Gasteiger partial charge in [-0.1, -0.05) is 13.0 Å². The first-order valence-electron chi connectivity index (χ1n) is 17.9. The van der Waals surface area contributed by atoms with Crippen molar-refractivity contribution in [2.45, 2.75) is 80.1 Å². The highest BCUT2D eigenvalue weighted by atomic mass is 16.3. The molecular formula is C38H57N5O3. The number of carbonyl (C=O) groups excluding carboxylic acids is 2. The van der Waals surface area contributed by atoms with Crippen molar-refractivity contribution in [2.75, 3.05) is 73.6 Å². The molecule has 0 bridgehead atoms. The molecule has 8 heteroatoms. The van der Waals surface area contributed by atoms with Gasteiger partial charge in [0.2, 0.25) is 0 Å². The molecule has 2 heterocycles. The minimum Gasteiger partial charge on any atom is -0.508 e. The molecule has 3 aliphatic rings. The van der Waals surface area contributed by atoms with Crippen LogP contribution in [0.15, 0.2) is 30.3 Å². The van der Waals surface area contributed by atoms with Crippen LogP contribution in [-0.4, -0.2) is 85.5 Å². The first kappa shape index (κ1) is 34.2. The summed E-state index contributed by atoms with van der Waals surface area (Å²) in [5, 5.41) is 10.1. The van der Waals surface area contributed by atoms with Crippen LogP contribution >= 0.6 is 0 Å². The lowest BCUT2D eigenvalue weighted by atomic mass is 9.60. The molecule has 2 aliphatic carbocycles. The van der Waals surface area contributed by atoms with Gasteiger partial charge in [-0.15, -0.1) is 0 Å². The van der Waals surface area contributed by atoms with E-state index in [1.165, 1.54) is 11.3 Å². The van der Waals surface area contributed by atoms with Crippen molar-refractivity contribution in [3.8, 4) is 5.75 Å². The molecule has 3 fully saturated rings. The van der Waals surface area contributed by atoms with Crippen LogP contribution in [0.2, 0.25) is 0 Å². The summed E-state index contributed by atoms with van der Waals surface area (Å²) >= 11 is 0. The number of Topliss-reactive ketones (excluding diaryl/α,β-unsaturated/α-hetero) is 2. The van der Waals surface area contributed by atoms with Gasteiger partial charge in [-0.3, -0.25) is 14.5 Å². The number of nitrogens with zero attached hydrogens (tertiary/aromatic N) is 5. The van der Waals surface area contributed by atoms with Gasteiger partial charge in [0.05, 0.1) is 12.2 Å². The fourth-order valence-electron chi connectivity index (χ4n) is 8.93. The number of rotatable bonds is 13. The van der Waals surface area contributed by atoms with Gasteiger partial charge in [0.15, 0.2) is 5.82 Å². The molecule has 0 spiro atoms. The number of aryl methyl sites for hydroxylation is 2. The molecular weight excluding hydrogens is 574 g/mol. The second-order valence-electron chi connectivity index (χ2n) is 14.2. The standard InChI is InChI=1S/C38H57N5O3/c1-7-41(8-2)33-15-16-35(42(9-3)10-4)39-37(33)43-21-19-40(20-22-43)26-34(46)32-17-18-38(6)25-31(45)24-29(36(32)38)13-12-28-23-30(44)14-11-27(28)5/h11,14-16,23,29,32,36,44H,7-10,12-13,17-22,24-26H2,1-6H3. The van der Waals surface area contributed by atoms with Crippen molar-refractivity contribution in [1.29, 1.82) is 0 Å². The molecule has 46 heavy (non-hydrogen) atoms. The highest BCUT2D eigenvalue weighted by molar-refractivity contribution is 5.86. The third-order valence-electron chi connectivity index (χ3n) is 11.5. The monoisotopic (exact) mass is 631 g/mol. The summed E-state index contributed by atoms with van der Waals surface area (Å²) in [5.41, 5.74) is 3.41. The molecule has 1 aromatic carbocycles. The molecule has 2 aromatic rings. The number of pyridine rings is 1. The van der Waals surface area contributed by atoms with E-state index < -0.39 is 0 Å². The Morgan fingerprint density at radius 3 is 2.37 bits per heavy atom. The maximum atomic E-state index is 14.1. The predicted molar refractivity (Wildman–Crippen MR) is 188 cm³/mol. The summed E-state index contributed by atoms with van der Waals surface area (Å²) in [5.74, 6) is 3.57. The zero-order valence-electron chi connectivity index (χ0n) is 29.2. The quantitative estimate of drug-likeness (QED) is 0.283. The highest BCUT2D eigenvalue weighted by Crippen LogP contribution is 2.57. The normalized spacial score (nSPS) is 25.0. The Kier molecular flexibility index (Phi) is 11.0. The van der Waals surface area contributed by atoms with Crippen LogP contribution in [0.25, 0.3) is 0 Å². The topological polar surface area (TPSA) is 80.2 Å². The minimum absolute atomic E-state index is 0.0214. The summed E-state index contributed by atoms with van der Waals surface area (Å²) in [4.78, 5) is 41.7. The predicted octanol–water partition coefficient (Wildman–Crippen LogP) is 6.12. The lowest BCUT2D eigenvalue weighted by molar-refractivity contribution is -0.134. The SMILES string of the molecule is CCN(CC)c1ccc(N(CC)CC)c(N2CCN(CC(=O)C3CCC4(C)CC(=O)CC(CCc5cc(O)ccc5C)C34)CC2)n1. The van der Waals surface area contributed by atoms with Crippen molar-refractivity contribution in [3.63, 3.8) is 0 Å². The smallest absolute Gasteiger partial charge is 0.154 e. The lowest BCUT2D eigenvalue weighted by Gasteiger charge is -2.44. The number of hydrogen-bond acceptors (Lipinski definition) is 8. The van der Waals surface area contributed by atoms with E-state index in [-0.39, 0.29) is 28.9 Å². The van der Waals surface area contributed by atoms with Crippen molar-refractivity contribution < 1.29 is 14.7 Å². The second kappa shape index (κ2) is 14.7. The Morgan fingerprint density at radius 2 is 1.70 bits per heavy atom. The van der Waals surface area contributed by atoms with Crippen LogP contribution in [0, 0.1) is 30.1 Å².